The van der Waals surface area contributed by atoms with E-state index in [-0.39, 0.29) is 19.3 Å². The lowest BCUT2D eigenvalue weighted by Gasteiger charge is -2.14. The fraction of sp³-hybridized carbons (Fsp3) is 0.538. The van der Waals surface area contributed by atoms with Crippen molar-refractivity contribution < 1.29 is 26.3 Å². The van der Waals surface area contributed by atoms with Gasteiger partial charge in [-0.1, -0.05) is 18.2 Å². The van der Waals surface area contributed by atoms with Crippen LogP contribution in [0.1, 0.15) is 30.4 Å². The van der Waals surface area contributed by atoms with E-state index in [1.54, 1.807) is 0 Å². The van der Waals surface area contributed by atoms with Crippen LogP contribution in [-0.2, 0) is 12.6 Å². The molecule has 0 fully saturated rings. The molecule has 0 radical (unpaired) electrons. The fourth-order valence-corrected chi connectivity index (χ4v) is 1.84. The first kappa shape index (κ1) is 16.8. The molecular weight excluding hydrogens is 284 g/mol. The summed E-state index contributed by atoms with van der Waals surface area (Å²) in [5.74, 6) is 0. The minimum absolute atomic E-state index is 0.121. The Hall–Kier alpha value is -1.24. The highest BCUT2D eigenvalue weighted by molar-refractivity contribution is 5.26. The average molecular weight is 299 g/mol. The molecule has 0 heterocycles. The summed E-state index contributed by atoms with van der Waals surface area (Å²) in [5.41, 5.74) is 5.24. The molecule has 1 atom stereocenters. The summed E-state index contributed by atoms with van der Waals surface area (Å²) in [6, 6.07) is 4.09. The Bertz CT molecular complexity index is 424. The molecule has 0 amide bonds. The van der Waals surface area contributed by atoms with E-state index in [9.17, 15) is 26.3 Å². The Morgan fingerprint density at radius 3 is 2.25 bits per heavy atom. The highest BCUT2D eigenvalue weighted by atomic mass is 19.4. The Kier molecular flexibility index (Phi) is 5.44. The number of hydrogen-bond acceptors (Lipinski definition) is 1. The minimum atomic E-state index is -4.43. The van der Waals surface area contributed by atoms with Gasteiger partial charge in [0.15, 0.2) is 0 Å². The third kappa shape index (κ3) is 6.27. The summed E-state index contributed by atoms with van der Waals surface area (Å²) in [7, 11) is 0. The third-order valence-electron chi connectivity index (χ3n) is 2.79. The van der Waals surface area contributed by atoms with Gasteiger partial charge in [0.25, 0.3) is 0 Å². The zero-order chi connectivity index (χ0) is 15.4. The molecule has 1 aromatic rings. The number of alkyl halides is 6. The van der Waals surface area contributed by atoms with Crippen LogP contribution in [0.3, 0.4) is 0 Å². The maximum absolute atomic E-state index is 12.5. The van der Waals surface area contributed by atoms with E-state index >= 15 is 0 Å². The van der Waals surface area contributed by atoms with Gasteiger partial charge in [0, 0.05) is 12.5 Å². The van der Waals surface area contributed by atoms with E-state index in [2.05, 4.69) is 0 Å². The van der Waals surface area contributed by atoms with Gasteiger partial charge in [-0.25, -0.2) is 0 Å². The van der Waals surface area contributed by atoms with Crippen LogP contribution in [0.15, 0.2) is 24.3 Å². The van der Waals surface area contributed by atoms with Crippen molar-refractivity contribution in [1.82, 2.24) is 0 Å². The van der Waals surface area contributed by atoms with Gasteiger partial charge >= 0.3 is 12.4 Å². The van der Waals surface area contributed by atoms with Gasteiger partial charge in [-0.3, -0.25) is 0 Å². The largest absolute Gasteiger partial charge is 0.416 e. The topological polar surface area (TPSA) is 26.0 Å². The molecule has 0 saturated carbocycles. The molecule has 0 aliphatic heterocycles. The Morgan fingerprint density at radius 1 is 1.05 bits per heavy atom. The Balaban J connectivity index is 2.52. The molecule has 20 heavy (non-hydrogen) atoms. The molecule has 114 valence electrons. The Labute approximate surface area is 112 Å². The number of nitrogens with two attached hydrogens (primary N) is 1. The predicted molar refractivity (Wildman–Crippen MR) is 63.0 cm³/mol. The molecule has 7 heteroatoms. The van der Waals surface area contributed by atoms with Crippen molar-refractivity contribution in [3.05, 3.63) is 35.4 Å². The first-order valence-electron chi connectivity index (χ1n) is 6.06. The maximum Gasteiger partial charge on any atom is 0.416 e. The van der Waals surface area contributed by atoms with E-state index in [1.165, 1.54) is 12.1 Å². The normalized spacial score (nSPS) is 14.3. The molecule has 0 bridgehead atoms. The SMILES string of the molecule is NC(CCCC(F)(F)F)Cc1cccc(C(F)(F)F)c1. The zero-order valence-corrected chi connectivity index (χ0v) is 10.6. The summed E-state index contributed by atoms with van der Waals surface area (Å²) in [6.45, 7) is 0. The molecule has 0 aromatic heterocycles. The van der Waals surface area contributed by atoms with Crippen LogP contribution in [0, 0.1) is 0 Å². The van der Waals surface area contributed by atoms with Crippen LogP contribution in [0.2, 0.25) is 0 Å². The van der Waals surface area contributed by atoms with Crippen LogP contribution in [-0.4, -0.2) is 12.2 Å². The van der Waals surface area contributed by atoms with Crippen LogP contribution in [0.5, 0.6) is 0 Å². The van der Waals surface area contributed by atoms with Crippen LogP contribution < -0.4 is 5.73 Å². The highest BCUT2D eigenvalue weighted by Gasteiger charge is 2.30. The summed E-state index contributed by atoms with van der Waals surface area (Å²) in [5, 5.41) is 0. The monoisotopic (exact) mass is 299 g/mol. The lowest BCUT2D eigenvalue weighted by atomic mass is 10.00. The molecule has 1 rings (SSSR count). The van der Waals surface area contributed by atoms with Crippen molar-refractivity contribution in [2.75, 3.05) is 0 Å². The second kappa shape index (κ2) is 6.47. The van der Waals surface area contributed by atoms with Gasteiger partial charge in [0.05, 0.1) is 5.56 Å². The van der Waals surface area contributed by atoms with E-state index in [1.807, 2.05) is 0 Å². The number of rotatable bonds is 5. The molecule has 2 N–H and O–H groups in total. The summed E-state index contributed by atoms with van der Waals surface area (Å²) in [4.78, 5) is 0. The first-order chi connectivity index (χ1) is 9.08. The lowest BCUT2D eigenvalue weighted by molar-refractivity contribution is -0.138. The van der Waals surface area contributed by atoms with E-state index in [0.717, 1.165) is 12.1 Å². The van der Waals surface area contributed by atoms with Gasteiger partial charge < -0.3 is 5.73 Å². The molecule has 0 aliphatic carbocycles. The average Bonchev–Trinajstić information content (AvgIpc) is 2.26. The van der Waals surface area contributed by atoms with Crippen LogP contribution in [0.25, 0.3) is 0 Å². The van der Waals surface area contributed by atoms with Crippen molar-refractivity contribution in [2.24, 2.45) is 5.73 Å². The molecule has 1 unspecified atom stereocenters. The summed E-state index contributed by atoms with van der Waals surface area (Å²) >= 11 is 0. The van der Waals surface area contributed by atoms with Gasteiger partial charge in [0.2, 0.25) is 0 Å². The van der Waals surface area contributed by atoms with E-state index in [0.29, 0.717) is 5.56 Å². The molecular formula is C13H15F6N. The molecule has 0 aliphatic rings. The fourth-order valence-electron chi connectivity index (χ4n) is 1.84. The molecule has 0 spiro atoms. The highest BCUT2D eigenvalue weighted by Crippen LogP contribution is 2.30. The van der Waals surface area contributed by atoms with Crippen molar-refractivity contribution in [2.45, 2.75) is 44.1 Å². The third-order valence-corrected chi connectivity index (χ3v) is 2.79. The second-order valence-corrected chi connectivity index (χ2v) is 4.67. The van der Waals surface area contributed by atoms with Gasteiger partial charge in [-0.2, -0.15) is 26.3 Å². The van der Waals surface area contributed by atoms with Gasteiger partial charge in [-0.15, -0.1) is 0 Å². The van der Waals surface area contributed by atoms with Crippen molar-refractivity contribution >= 4 is 0 Å². The molecule has 1 nitrogen and oxygen atoms in total. The van der Waals surface area contributed by atoms with E-state index in [4.69, 9.17) is 5.73 Å². The van der Waals surface area contributed by atoms with E-state index < -0.39 is 30.4 Å². The zero-order valence-electron chi connectivity index (χ0n) is 10.6. The van der Waals surface area contributed by atoms with Crippen LogP contribution >= 0.6 is 0 Å². The molecule has 0 saturated heterocycles. The van der Waals surface area contributed by atoms with Crippen molar-refractivity contribution in [1.29, 1.82) is 0 Å². The number of halogens is 6. The second-order valence-electron chi connectivity index (χ2n) is 4.67. The smallest absolute Gasteiger partial charge is 0.327 e. The minimum Gasteiger partial charge on any atom is -0.327 e. The van der Waals surface area contributed by atoms with Gasteiger partial charge in [-0.05, 0) is 30.9 Å². The van der Waals surface area contributed by atoms with Crippen molar-refractivity contribution in [3.63, 3.8) is 0 Å². The number of hydrogen-bond donors (Lipinski definition) is 1. The first-order valence-corrected chi connectivity index (χ1v) is 6.06. The Morgan fingerprint density at radius 2 is 1.70 bits per heavy atom. The lowest BCUT2D eigenvalue weighted by Crippen LogP contribution is -2.23. The predicted octanol–water partition coefficient (Wildman–Crippen LogP) is 4.31. The maximum atomic E-state index is 12.5. The number of benzene rings is 1. The summed E-state index contributed by atoms with van der Waals surface area (Å²) in [6.07, 6.45) is -9.46. The summed E-state index contributed by atoms with van der Waals surface area (Å²) < 4.78 is 73.3. The van der Waals surface area contributed by atoms with Gasteiger partial charge in [0.1, 0.15) is 0 Å². The van der Waals surface area contributed by atoms with Crippen molar-refractivity contribution in [3.8, 4) is 0 Å². The quantitative estimate of drug-likeness (QED) is 0.806. The standard InChI is InChI=1S/C13H15F6N/c14-12(15,16)6-2-5-11(20)8-9-3-1-4-10(7-9)13(17,18)19/h1,3-4,7,11H,2,5-6,8,20H2. The van der Waals surface area contributed by atoms with Crippen LogP contribution in [0.4, 0.5) is 26.3 Å². The molecule has 1 aromatic carbocycles.